The predicted octanol–water partition coefficient (Wildman–Crippen LogP) is 4.90. The molecular formula is C29H29ClN4O3. The van der Waals surface area contributed by atoms with Crippen molar-refractivity contribution < 1.29 is 14.9 Å². The second kappa shape index (κ2) is 11.6. The minimum absolute atomic E-state index is 0.0901. The van der Waals surface area contributed by atoms with E-state index < -0.39 is 5.60 Å². The van der Waals surface area contributed by atoms with Crippen molar-refractivity contribution in [2.45, 2.75) is 18.6 Å². The van der Waals surface area contributed by atoms with Gasteiger partial charge in [0.05, 0.1) is 36.1 Å². The molecule has 4 rings (SSSR count). The van der Waals surface area contributed by atoms with Crippen LogP contribution in [0, 0.1) is 17.9 Å². The molecule has 0 saturated carbocycles. The standard InChI is InChI=1S/C29H29ClN4O3/c1-29(36,23-4-3-5-25(17-23)32-2)20-33-12-13-34(28(19-33)21-6-8-24(30)9-7-21)27-11-10-26(37-15-14-35)16-22(27)18-31/h3-11,16-17,28,35-36H,12-15,19-20H2,1H3/t28-,29+/m0/s1. The quantitative estimate of drug-likeness (QED) is 0.414. The summed E-state index contributed by atoms with van der Waals surface area (Å²) in [7, 11) is 0. The Kier molecular flexibility index (Phi) is 8.33. The van der Waals surface area contributed by atoms with E-state index in [1.54, 1.807) is 31.2 Å². The van der Waals surface area contributed by atoms with Gasteiger partial charge in [0.15, 0.2) is 5.69 Å². The third kappa shape index (κ3) is 6.22. The van der Waals surface area contributed by atoms with Crippen LogP contribution in [0.25, 0.3) is 4.85 Å². The third-order valence-corrected chi connectivity index (χ3v) is 6.86. The summed E-state index contributed by atoms with van der Waals surface area (Å²) < 4.78 is 5.51. The third-order valence-electron chi connectivity index (χ3n) is 6.61. The molecule has 0 spiro atoms. The van der Waals surface area contributed by atoms with Gasteiger partial charge in [-0.05, 0) is 48.4 Å². The lowest BCUT2D eigenvalue weighted by atomic mass is 9.93. The van der Waals surface area contributed by atoms with E-state index >= 15 is 0 Å². The topological polar surface area (TPSA) is 84.3 Å². The number of nitriles is 1. The molecule has 3 aromatic rings. The molecule has 3 aromatic carbocycles. The highest BCUT2D eigenvalue weighted by molar-refractivity contribution is 6.30. The molecule has 190 valence electrons. The number of piperazine rings is 1. The van der Waals surface area contributed by atoms with Crippen molar-refractivity contribution >= 4 is 23.0 Å². The molecule has 0 bridgehead atoms. The number of rotatable bonds is 8. The first-order valence-electron chi connectivity index (χ1n) is 12.1. The average Bonchev–Trinajstić information content (AvgIpc) is 2.92. The molecule has 0 aromatic heterocycles. The number of nitrogens with zero attached hydrogens (tertiary/aromatic N) is 4. The maximum Gasteiger partial charge on any atom is 0.187 e. The zero-order chi connectivity index (χ0) is 26.4. The van der Waals surface area contributed by atoms with Crippen LogP contribution in [0.15, 0.2) is 66.7 Å². The fraction of sp³-hybridized carbons (Fsp3) is 0.310. The number of hydrogen-bond donors (Lipinski definition) is 2. The molecule has 2 N–H and O–H groups in total. The number of benzene rings is 3. The Labute approximate surface area is 222 Å². The zero-order valence-electron chi connectivity index (χ0n) is 20.6. The molecule has 1 aliphatic heterocycles. The van der Waals surface area contributed by atoms with Gasteiger partial charge in [0.25, 0.3) is 0 Å². The van der Waals surface area contributed by atoms with Gasteiger partial charge in [-0.1, -0.05) is 48.0 Å². The molecule has 1 aliphatic rings. The van der Waals surface area contributed by atoms with E-state index in [0.717, 1.165) is 11.3 Å². The lowest BCUT2D eigenvalue weighted by Gasteiger charge is -2.45. The van der Waals surface area contributed by atoms with Crippen molar-refractivity contribution in [3.63, 3.8) is 0 Å². The Morgan fingerprint density at radius 3 is 2.65 bits per heavy atom. The fourth-order valence-electron chi connectivity index (χ4n) is 4.79. The minimum atomic E-state index is -1.14. The molecule has 0 radical (unpaired) electrons. The summed E-state index contributed by atoms with van der Waals surface area (Å²) in [6, 6.07) is 22.4. The summed E-state index contributed by atoms with van der Waals surface area (Å²) in [6.45, 7) is 11.5. The molecule has 37 heavy (non-hydrogen) atoms. The van der Waals surface area contributed by atoms with Gasteiger partial charge in [-0.2, -0.15) is 5.26 Å². The smallest absolute Gasteiger partial charge is 0.187 e. The van der Waals surface area contributed by atoms with Crippen LogP contribution in [0.4, 0.5) is 11.4 Å². The van der Waals surface area contributed by atoms with Gasteiger partial charge in [0.2, 0.25) is 0 Å². The van der Waals surface area contributed by atoms with Crippen LogP contribution in [0.3, 0.4) is 0 Å². The Morgan fingerprint density at radius 1 is 1.16 bits per heavy atom. The largest absolute Gasteiger partial charge is 0.491 e. The van der Waals surface area contributed by atoms with E-state index in [-0.39, 0.29) is 19.3 Å². The van der Waals surface area contributed by atoms with Crippen LogP contribution in [0.2, 0.25) is 5.02 Å². The van der Waals surface area contributed by atoms with E-state index in [9.17, 15) is 10.4 Å². The maximum atomic E-state index is 11.4. The Morgan fingerprint density at radius 2 is 1.95 bits per heavy atom. The zero-order valence-corrected chi connectivity index (χ0v) is 21.4. The summed E-state index contributed by atoms with van der Waals surface area (Å²) in [5.74, 6) is 0.536. The maximum absolute atomic E-state index is 11.4. The van der Waals surface area contributed by atoms with E-state index in [1.165, 1.54) is 0 Å². The second-order valence-electron chi connectivity index (χ2n) is 9.29. The van der Waals surface area contributed by atoms with Crippen LogP contribution < -0.4 is 9.64 Å². The Bertz CT molecular complexity index is 1310. The molecule has 0 unspecified atom stereocenters. The van der Waals surface area contributed by atoms with Crippen molar-refractivity contribution in [1.29, 1.82) is 5.26 Å². The lowest BCUT2D eigenvalue weighted by molar-refractivity contribution is 0.0103. The van der Waals surface area contributed by atoms with Crippen LogP contribution in [-0.2, 0) is 5.60 Å². The summed E-state index contributed by atoms with van der Waals surface area (Å²) in [5.41, 5.74) is 2.40. The highest BCUT2D eigenvalue weighted by Gasteiger charge is 2.34. The second-order valence-corrected chi connectivity index (χ2v) is 9.73. The molecule has 1 heterocycles. The van der Waals surface area contributed by atoms with Crippen molar-refractivity contribution in [2.24, 2.45) is 0 Å². The van der Waals surface area contributed by atoms with Gasteiger partial charge in [-0.25, -0.2) is 4.85 Å². The molecule has 1 saturated heterocycles. The number of ether oxygens (including phenoxy) is 1. The van der Waals surface area contributed by atoms with E-state index in [0.29, 0.717) is 53.8 Å². The van der Waals surface area contributed by atoms with E-state index in [4.69, 9.17) is 28.0 Å². The molecule has 8 heteroatoms. The van der Waals surface area contributed by atoms with Gasteiger partial charge in [-0.15, -0.1) is 0 Å². The number of β-amino-alcohol motifs (C(OH)–C–C–N with tert-alkyl or cyclic N) is 1. The van der Waals surface area contributed by atoms with Gasteiger partial charge in [0, 0.05) is 31.2 Å². The SMILES string of the molecule is [C-]#[N+]c1cccc([C@](C)(O)CN2CCN(c3ccc(OCCO)cc3C#N)[C@H](c3ccc(Cl)cc3)C2)c1. The summed E-state index contributed by atoms with van der Waals surface area (Å²) in [5, 5.41) is 31.0. The van der Waals surface area contributed by atoms with E-state index in [1.807, 2.05) is 42.5 Å². The summed E-state index contributed by atoms with van der Waals surface area (Å²) >= 11 is 6.17. The van der Waals surface area contributed by atoms with Crippen LogP contribution in [0.5, 0.6) is 5.75 Å². The van der Waals surface area contributed by atoms with E-state index in [2.05, 4.69) is 20.7 Å². The number of anilines is 1. The van der Waals surface area contributed by atoms with Crippen LogP contribution in [-0.4, -0.2) is 54.5 Å². The highest BCUT2D eigenvalue weighted by atomic mass is 35.5. The highest BCUT2D eigenvalue weighted by Crippen LogP contribution is 2.36. The van der Waals surface area contributed by atoms with Crippen LogP contribution in [0.1, 0.15) is 29.7 Å². The van der Waals surface area contributed by atoms with Gasteiger partial charge < -0.3 is 19.8 Å². The van der Waals surface area contributed by atoms with Gasteiger partial charge >= 0.3 is 0 Å². The average molecular weight is 517 g/mol. The number of halogens is 1. The van der Waals surface area contributed by atoms with Gasteiger partial charge in [-0.3, -0.25) is 4.90 Å². The first-order valence-corrected chi connectivity index (χ1v) is 12.4. The molecular weight excluding hydrogens is 488 g/mol. The number of hydrogen-bond acceptors (Lipinski definition) is 6. The lowest BCUT2D eigenvalue weighted by Crippen LogP contribution is -2.52. The van der Waals surface area contributed by atoms with Crippen molar-refractivity contribution in [3.8, 4) is 11.8 Å². The Balaban J connectivity index is 1.63. The normalized spacial score (nSPS) is 17.5. The van der Waals surface area contributed by atoms with Crippen molar-refractivity contribution in [3.05, 3.63) is 99.9 Å². The van der Waals surface area contributed by atoms with Gasteiger partial charge in [0.1, 0.15) is 18.4 Å². The van der Waals surface area contributed by atoms with Crippen molar-refractivity contribution in [2.75, 3.05) is 44.3 Å². The molecule has 0 amide bonds. The summed E-state index contributed by atoms with van der Waals surface area (Å²) in [4.78, 5) is 7.92. The fourth-order valence-corrected chi connectivity index (χ4v) is 4.91. The predicted molar refractivity (Wildman–Crippen MR) is 144 cm³/mol. The molecule has 2 atom stereocenters. The monoisotopic (exact) mass is 516 g/mol. The molecule has 1 fully saturated rings. The number of aliphatic hydroxyl groups excluding tert-OH is 1. The number of aliphatic hydroxyl groups is 2. The first kappa shape index (κ1) is 26.5. The minimum Gasteiger partial charge on any atom is -0.491 e. The molecule has 7 nitrogen and oxygen atoms in total. The van der Waals surface area contributed by atoms with Crippen molar-refractivity contribution in [1.82, 2.24) is 4.90 Å². The first-order chi connectivity index (χ1) is 17.8. The van der Waals surface area contributed by atoms with Crippen LogP contribution >= 0.6 is 11.6 Å². The summed E-state index contributed by atoms with van der Waals surface area (Å²) in [6.07, 6.45) is 0. The molecule has 0 aliphatic carbocycles. The Hall–Kier alpha value is -3.59.